The minimum atomic E-state index is -4.43. The summed E-state index contributed by atoms with van der Waals surface area (Å²) in [6.45, 7) is 0. The summed E-state index contributed by atoms with van der Waals surface area (Å²) in [4.78, 5) is 4.19. The van der Waals surface area contributed by atoms with Gasteiger partial charge in [-0.2, -0.15) is 13.2 Å². The fourth-order valence-corrected chi connectivity index (χ4v) is 2.55. The van der Waals surface area contributed by atoms with Crippen LogP contribution in [0.4, 0.5) is 13.2 Å². The molecule has 0 N–H and O–H groups in total. The van der Waals surface area contributed by atoms with Crippen LogP contribution in [0, 0.1) is 0 Å². The van der Waals surface area contributed by atoms with Gasteiger partial charge in [-0.15, -0.1) is 0 Å². The monoisotopic (exact) mass is 330 g/mol. The molecule has 0 atom stereocenters. The average molecular weight is 331 g/mol. The van der Waals surface area contributed by atoms with E-state index in [4.69, 9.17) is 23.2 Å². The van der Waals surface area contributed by atoms with Crippen molar-refractivity contribution >= 4 is 34.2 Å². The van der Waals surface area contributed by atoms with Crippen LogP contribution in [0.15, 0.2) is 42.7 Å². The van der Waals surface area contributed by atoms with Gasteiger partial charge >= 0.3 is 6.18 Å². The zero-order valence-corrected chi connectivity index (χ0v) is 11.8. The fourth-order valence-electron chi connectivity index (χ4n) is 2.08. The Morgan fingerprint density at radius 2 is 1.76 bits per heavy atom. The van der Waals surface area contributed by atoms with E-state index in [1.165, 1.54) is 12.3 Å². The van der Waals surface area contributed by atoms with Crippen molar-refractivity contribution in [1.29, 1.82) is 0 Å². The SMILES string of the molecule is FC(F)(F)c1ccc(-n2ccc3c(Cl)ccnc32)c(Cl)c1. The molecule has 2 nitrogen and oxygen atoms in total. The molecule has 0 spiro atoms. The molecule has 0 amide bonds. The van der Waals surface area contributed by atoms with Gasteiger partial charge in [0.15, 0.2) is 0 Å². The first kappa shape index (κ1) is 14.2. The van der Waals surface area contributed by atoms with E-state index in [0.29, 0.717) is 21.7 Å². The number of benzene rings is 1. The molecule has 0 saturated carbocycles. The molecule has 0 saturated heterocycles. The standard InChI is InChI=1S/C14H7Cl2F3N2/c15-10-3-5-20-13-9(10)4-6-21(13)12-2-1-8(7-11(12)16)14(17,18)19/h1-7H. The number of fused-ring (bicyclic) bond motifs is 1. The molecule has 0 aliphatic heterocycles. The van der Waals surface area contributed by atoms with Gasteiger partial charge in [-0.3, -0.25) is 4.57 Å². The lowest BCUT2D eigenvalue weighted by atomic mass is 10.2. The van der Waals surface area contributed by atoms with E-state index in [1.54, 1.807) is 22.9 Å². The van der Waals surface area contributed by atoms with Crippen LogP contribution in [0.5, 0.6) is 0 Å². The maximum absolute atomic E-state index is 12.7. The first-order chi connectivity index (χ1) is 9.88. The number of hydrogen-bond acceptors (Lipinski definition) is 1. The number of pyridine rings is 1. The molecule has 0 unspecified atom stereocenters. The van der Waals surface area contributed by atoms with Crippen LogP contribution in [0.1, 0.15) is 5.56 Å². The van der Waals surface area contributed by atoms with Gasteiger partial charge in [-0.25, -0.2) is 4.98 Å². The average Bonchev–Trinajstić information content (AvgIpc) is 2.83. The number of aromatic nitrogens is 2. The molecule has 2 heterocycles. The molecule has 3 aromatic rings. The Morgan fingerprint density at radius 3 is 2.43 bits per heavy atom. The van der Waals surface area contributed by atoms with Gasteiger partial charge in [-0.05, 0) is 30.3 Å². The maximum Gasteiger partial charge on any atom is 0.416 e. The number of nitrogens with zero attached hydrogens (tertiary/aromatic N) is 2. The van der Waals surface area contributed by atoms with Crippen LogP contribution in [-0.2, 0) is 6.18 Å². The van der Waals surface area contributed by atoms with Gasteiger partial charge in [0.25, 0.3) is 0 Å². The molecule has 0 fully saturated rings. The second-order valence-electron chi connectivity index (χ2n) is 4.38. The third-order valence-corrected chi connectivity index (χ3v) is 3.70. The molecule has 21 heavy (non-hydrogen) atoms. The summed E-state index contributed by atoms with van der Waals surface area (Å²) < 4.78 is 39.6. The predicted octanol–water partition coefficient (Wildman–Crippen LogP) is 5.35. The highest BCUT2D eigenvalue weighted by molar-refractivity contribution is 6.35. The molecular formula is C14H7Cl2F3N2. The Kier molecular flexibility index (Phi) is 3.34. The summed E-state index contributed by atoms with van der Waals surface area (Å²) in [5.41, 5.74) is 0.150. The summed E-state index contributed by atoms with van der Waals surface area (Å²) in [5, 5.41) is 1.21. The molecule has 0 aliphatic carbocycles. The van der Waals surface area contributed by atoms with Gasteiger partial charge < -0.3 is 0 Å². The second-order valence-corrected chi connectivity index (χ2v) is 5.19. The highest BCUT2D eigenvalue weighted by Crippen LogP contribution is 2.34. The van der Waals surface area contributed by atoms with E-state index in [2.05, 4.69) is 4.98 Å². The normalized spacial score (nSPS) is 12.0. The van der Waals surface area contributed by atoms with Crippen LogP contribution < -0.4 is 0 Å². The minimum Gasteiger partial charge on any atom is -0.300 e. The minimum absolute atomic E-state index is 0.0101. The van der Waals surface area contributed by atoms with Crippen LogP contribution in [-0.4, -0.2) is 9.55 Å². The van der Waals surface area contributed by atoms with E-state index in [-0.39, 0.29) is 5.02 Å². The molecule has 0 bridgehead atoms. The Balaban J connectivity index is 2.18. The van der Waals surface area contributed by atoms with Gasteiger partial charge in [0.2, 0.25) is 0 Å². The van der Waals surface area contributed by atoms with Crippen LogP contribution in [0.2, 0.25) is 10.0 Å². The molecule has 2 aromatic heterocycles. The zero-order chi connectivity index (χ0) is 15.2. The topological polar surface area (TPSA) is 17.8 Å². The van der Waals surface area contributed by atoms with Crippen molar-refractivity contribution in [1.82, 2.24) is 9.55 Å². The molecule has 7 heteroatoms. The van der Waals surface area contributed by atoms with Crippen molar-refractivity contribution in [3.63, 3.8) is 0 Å². The number of halogens is 5. The number of alkyl halides is 3. The van der Waals surface area contributed by atoms with Crippen LogP contribution in [0.25, 0.3) is 16.7 Å². The smallest absolute Gasteiger partial charge is 0.300 e. The molecular weight excluding hydrogens is 324 g/mol. The Hall–Kier alpha value is -1.72. The lowest BCUT2D eigenvalue weighted by Crippen LogP contribution is -2.05. The second kappa shape index (κ2) is 4.93. The van der Waals surface area contributed by atoms with Crippen molar-refractivity contribution in [3.8, 4) is 5.69 Å². The van der Waals surface area contributed by atoms with E-state index < -0.39 is 11.7 Å². The largest absolute Gasteiger partial charge is 0.416 e. The highest BCUT2D eigenvalue weighted by Gasteiger charge is 2.31. The quantitative estimate of drug-likeness (QED) is 0.588. The molecule has 0 radical (unpaired) electrons. The zero-order valence-electron chi connectivity index (χ0n) is 10.3. The van der Waals surface area contributed by atoms with Crippen LogP contribution in [0.3, 0.4) is 0 Å². The maximum atomic E-state index is 12.7. The number of rotatable bonds is 1. The highest BCUT2D eigenvalue weighted by atomic mass is 35.5. The first-order valence-corrected chi connectivity index (χ1v) is 6.62. The van der Waals surface area contributed by atoms with E-state index in [0.717, 1.165) is 12.1 Å². The summed E-state index contributed by atoms with van der Waals surface area (Å²) in [6.07, 6.45) is -1.24. The number of hydrogen-bond donors (Lipinski definition) is 0. The van der Waals surface area contributed by atoms with Crippen LogP contribution >= 0.6 is 23.2 Å². The summed E-state index contributed by atoms with van der Waals surface area (Å²) in [6, 6.07) is 6.57. The Morgan fingerprint density at radius 1 is 1.00 bits per heavy atom. The van der Waals surface area contributed by atoms with Gasteiger partial charge in [0.05, 0.1) is 21.3 Å². The predicted molar refractivity (Wildman–Crippen MR) is 76.1 cm³/mol. The Labute approximate surface area is 127 Å². The third kappa shape index (κ3) is 2.47. The lowest BCUT2D eigenvalue weighted by Gasteiger charge is -2.11. The summed E-state index contributed by atoms with van der Waals surface area (Å²) in [5.74, 6) is 0. The van der Waals surface area contributed by atoms with E-state index in [9.17, 15) is 13.2 Å². The van der Waals surface area contributed by atoms with Gasteiger partial charge in [-0.1, -0.05) is 23.2 Å². The third-order valence-electron chi connectivity index (χ3n) is 3.07. The molecule has 1 aromatic carbocycles. The van der Waals surface area contributed by atoms with Gasteiger partial charge in [0.1, 0.15) is 5.65 Å². The summed E-state index contributed by atoms with van der Waals surface area (Å²) in [7, 11) is 0. The van der Waals surface area contributed by atoms with Crippen molar-refractivity contribution in [3.05, 3.63) is 58.3 Å². The molecule has 0 aliphatic rings. The van der Waals surface area contributed by atoms with Crippen molar-refractivity contribution in [2.45, 2.75) is 6.18 Å². The van der Waals surface area contributed by atoms with Crippen molar-refractivity contribution in [2.24, 2.45) is 0 Å². The molecule has 3 rings (SSSR count). The van der Waals surface area contributed by atoms with Gasteiger partial charge in [0, 0.05) is 17.8 Å². The first-order valence-electron chi connectivity index (χ1n) is 5.86. The van der Waals surface area contributed by atoms with E-state index >= 15 is 0 Å². The summed E-state index contributed by atoms with van der Waals surface area (Å²) >= 11 is 12.0. The van der Waals surface area contributed by atoms with E-state index in [1.807, 2.05) is 0 Å². The van der Waals surface area contributed by atoms with Crippen molar-refractivity contribution in [2.75, 3.05) is 0 Å². The fraction of sp³-hybridized carbons (Fsp3) is 0.0714. The van der Waals surface area contributed by atoms with Crippen molar-refractivity contribution < 1.29 is 13.2 Å². The molecule has 108 valence electrons. The Bertz CT molecular complexity index is 825. The lowest BCUT2D eigenvalue weighted by molar-refractivity contribution is -0.137.